The number of fused-ring (bicyclic) bond motifs is 1. The van der Waals surface area contributed by atoms with Crippen LogP contribution in [0.1, 0.15) is 0 Å². The van der Waals surface area contributed by atoms with Gasteiger partial charge in [-0.3, -0.25) is 0 Å². The van der Waals surface area contributed by atoms with Gasteiger partial charge in [-0.15, -0.1) is 5.10 Å². The van der Waals surface area contributed by atoms with Crippen molar-refractivity contribution in [3.05, 3.63) is 55.0 Å². The highest BCUT2D eigenvalue weighted by Gasteiger charge is 2.21. The van der Waals surface area contributed by atoms with Crippen LogP contribution in [-0.2, 0) is 10.2 Å². The number of para-hydroxylation sites is 1. The zero-order valence-corrected chi connectivity index (χ0v) is 14.9. The summed E-state index contributed by atoms with van der Waals surface area (Å²) < 4.78 is 27.0. The van der Waals surface area contributed by atoms with Crippen molar-refractivity contribution in [1.29, 1.82) is 0 Å². The van der Waals surface area contributed by atoms with Crippen LogP contribution in [0.5, 0.6) is 0 Å². The van der Waals surface area contributed by atoms with Crippen LogP contribution >= 0.6 is 0 Å². The van der Waals surface area contributed by atoms with E-state index in [1.807, 2.05) is 30.3 Å². The molecule has 9 nitrogen and oxygen atoms in total. The summed E-state index contributed by atoms with van der Waals surface area (Å²) in [7, 11) is -0.803. The largest absolute Gasteiger partial charge is 0.310 e. The quantitative estimate of drug-likeness (QED) is 0.538. The minimum Gasteiger partial charge on any atom is -0.234 e. The maximum Gasteiger partial charge on any atom is 0.310 e. The summed E-state index contributed by atoms with van der Waals surface area (Å²) >= 11 is 0. The lowest BCUT2D eigenvalue weighted by Crippen LogP contribution is -2.28. The van der Waals surface area contributed by atoms with Gasteiger partial charge in [-0.05, 0) is 24.3 Å². The molecule has 0 atom stereocenters. The van der Waals surface area contributed by atoms with Gasteiger partial charge in [0.25, 0.3) is 0 Å². The third-order valence-electron chi connectivity index (χ3n) is 3.82. The standard InChI is InChI=1S/C16H15N7O2S/c1-21(2)26(24,25)22-11-17-14-9-8-13(19-16(14)22)15-10-18-23(20-15)12-6-4-3-5-7-12/h3-11H,1-2H3. The van der Waals surface area contributed by atoms with Crippen molar-refractivity contribution in [3.8, 4) is 17.1 Å². The molecule has 26 heavy (non-hydrogen) atoms. The van der Waals surface area contributed by atoms with E-state index in [4.69, 9.17) is 0 Å². The number of hydrogen-bond donors (Lipinski definition) is 0. The Morgan fingerprint density at radius 2 is 1.77 bits per heavy atom. The highest BCUT2D eigenvalue weighted by molar-refractivity contribution is 7.87. The van der Waals surface area contributed by atoms with Crippen LogP contribution in [0.2, 0.25) is 0 Å². The molecule has 132 valence electrons. The Morgan fingerprint density at radius 1 is 1.00 bits per heavy atom. The van der Waals surface area contributed by atoms with Gasteiger partial charge in [0.1, 0.15) is 17.5 Å². The Bertz CT molecular complexity index is 1180. The van der Waals surface area contributed by atoms with E-state index in [2.05, 4.69) is 20.2 Å². The van der Waals surface area contributed by atoms with Crippen LogP contribution in [0, 0.1) is 0 Å². The molecule has 0 fully saturated rings. The van der Waals surface area contributed by atoms with Gasteiger partial charge in [-0.1, -0.05) is 18.2 Å². The third-order valence-corrected chi connectivity index (χ3v) is 5.50. The second-order valence-corrected chi connectivity index (χ2v) is 7.74. The Balaban J connectivity index is 1.80. The minimum atomic E-state index is -3.71. The van der Waals surface area contributed by atoms with E-state index in [9.17, 15) is 8.42 Å². The second kappa shape index (κ2) is 6.00. The number of imidazole rings is 1. The van der Waals surface area contributed by atoms with Gasteiger partial charge >= 0.3 is 10.2 Å². The first-order valence-electron chi connectivity index (χ1n) is 7.72. The second-order valence-electron chi connectivity index (χ2n) is 5.72. The highest BCUT2D eigenvalue weighted by Crippen LogP contribution is 2.20. The summed E-state index contributed by atoms with van der Waals surface area (Å²) in [5, 5.41) is 8.67. The summed E-state index contributed by atoms with van der Waals surface area (Å²) in [6.45, 7) is 0. The molecule has 0 aliphatic rings. The Labute approximate surface area is 149 Å². The lowest BCUT2D eigenvalue weighted by atomic mass is 10.3. The van der Waals surface area contributed by atoms with Crippen LogP contribution in [0.4, 0.5) is 0 Å². The number of nitrogens with zero attached hydrogens (tertiary/aromatic N) is 7. The van der Waals surface area contributed by atoms with Crippen molar-refractivity contribution in [1.82, 2.24) is 33.2 Å². The number of pyridine rings is 1. The molecule has 0 radical (unpaired) electrons. The van der Waals surface area contributed by atoms with Crippen LogP contribution in [0.3, 0.4) is 0 Å². The van der Waals surface area contributed by atoms with Crippen LogP contribution in [0.25, 0.3) is 28.2 Å². The van der Waals surface area contributed by atoms with E-state index in [0.29, 0.717) is 16.9 Å². The van der Waals surface area contributed by atoms with Crippen molar-refractivity contribution in [2.75, 3.05) is 14.1 Å². The molecule has 10 heteroatoms. The zero-order valence-electron chi connectivity index (χ0n) is 14.1. The number of rotatable bonds is 4. The van der Waals surface area contributed by atoms with E-state index in [0.717, 1.165) is 14.0 Å². The molecule has 3 aromatic heterocycles. The molecule has 3 heterocycles. The third kappa shape index (κ3) is 2.65. The van der Waals surface area contributed by atoms with Gasteiger partial charge in [0.15, 0.2) is 5.65 Å². The van der Waals surface area contributed by atoms with Crippen LogP contribution < -0.4 is 0 Å². The topological polar surface area (TPSA) is 98.8 Å². The summed E-state index contributed by atoms with van der Waals surface area (Å²) in [4.78, 5) is 10.0. The van der Waals surface area contributed by atoms with Crippen molar-refractivity contribution in [3.63, 3.8) is 0 Å². The van der Waals surface area contributed by atoms with Crippen molar-refractivity contribution >= 4 is 21.4 Å². The molecule has 0 aliphatic carbocycles. The normalized spacial score (nSPS) is 12.1. The molecule has 0 aliphatic heterocycles. The van der Waals surface area contributed by atoms with Crippen molar-refractivity contribution < 1.29 is 8.42 Å². The van der Waals surface area contributed by atoms with Gasteiger partial charge in [0.2, 0.25) is 0 Å². The predicted molar refractivity (Wildman–Crippen MR) is 95.9 cm³/mol. The average molecular weight is 369 g/mol. The first-order valence-corrected chi connectivity index (χ1v) is 9.12. The highest BCUT2D eigenvalue weighted by atomic mass is 32.2. The van der Waals surface area contributed by atoms with E-state index in [-0.39, 0.29) is 5.65 Å². The Hall–Kier alpha value is -3.11. The lowest BCUT2D eigenvalue weighted by molar-refractivity contribution is 0.512. The van der Waals surface area contributed by atoms with E-state index < -0.39 is 10.2 Å². The predicted octanol–water partition coefficient (Wildman–Crippen LogP) is 1.33. The van der Waals surface area contributed by atoms with Crippen LogP contribution in [-0.4, -0.2) is 55.8 Å². The maximum absolute atomic E-state index is 12.4. The molecule has 1 aromatic carbocycles. The molecule has 4 rings (SSSR count). The summed E-state index contributed by atoms with van der Waals surface area (Å²) in [6, 6.07) is 12.9. The molecular weight excluding hydrogens is 354 g/mol. The fourth-order valence-electron chi connectivity index (χ4n) is 2.43. The summed E-state index contributed by atoms with van der Waals surface area (Å²) in [5.74, 6) is 0. The molecule has 0 unspecified atom stereocenters. The smallest absolute Gasteiger partial charge is 0.234 e. The molecular formula is C16H15N7O2S. The maximum atomic E-state index is 12.4. The van der Waals surface area contributed by atoms with Crippen molar-refractivity contribution in [2.24, 2.45) is 0 Å². The van der Waals surface area contributed by atoms with Crippen LogP contribution in [0.15, 0.2) is 55.0 Å². The lowest BCUT2D eigenvalue weighted by Gasteiger charge is -2.11. The molecule has 0 amide bonds. The molecule has 0 spiro atoms. The first-order chi connectivity index (χ1) is 12.5. The van der Waals surface area contributed by atoms with Gasteiger partial charge in [-0.25, -0.2) is 9.97 Å². The Kier molecular flexibility index (Phi) is 3.78. The number of aromatic nitrogens is 6. The molecule has 4 aromatic rings. The van der Waals surface area contributed by atoms with Crippen molar-refractivity contribution in [2.45, 2.75) is 0 Å². The molecule has 0 bridgehead atoms. The monoisotopic (exact) mass is 369 g/mol. The molecule has 0 saturated heterocycles. The number of hydrogen-bond acceptors (Lipinski definition) is 6. The molecule has 0 saturated carbocycles. The molecule has 0 N–H and O–H groups in total. The summed E-state index contributed by atoms with van der Waals surface area (Å²) in [6.07, 6.45) is 2.83. The Morgan fingerprint density at radius 3 is 2.50 bits per heavy atom. The van der Waals surface area contributed by atoms with E-state index >= 15 is 0 Å². The van der Waals surface area contributed by atoms with Gasteiger partial charge < -0.3 is 0 Å². The average Bonchev–Trinajstić information content (AvgIpc) is 3.29. The summed E-state index contributed by atoms with van der Waals surface area (Å²) in [5.41, 5.74) is 2.58. The van der Waals surface area contributed by atoms with Gasteiger partial charge in [-0.2, -0.15) is 26.6 Å². The van der Waals surface area contributed by atoms with Gasteiger partial charge in [0, 0.05) is 14.1 Å². The van der Waals surface area contributed by atoms with E-state index in [1.54, 1.807) is 18.3 Å². The SMILES string of the molecule is CN(C)S(=O)(=O)n1cnc2ccc(-c3cnn(-c4ccccc4)n3)nc21. The van der Waals surface area contributed by atoms with Gasteiger partial charge in [0.05, 0.1) is 17.6 Å². The fourth-order valence-corrected chi connectivity index (χ4v) is 3.30. The van der Waals surface area contributed by atoms with E-state index in [1.165, 1.54) is 25.2 Å². The minimum absolute atomic E-state index is 0.241. The zero-order chi connectivity index (χ0) is 18.3. The number of benzene rings is 1. The fraction of sp³-hybridized carbons (Fsp3) is 0.125. The first kappa shape index (κ1) is 16.4.